The molecule has 2 aromatic carbocycles. The Morgan fingerprint density at radius 3 is 1.91 bits per heavy atom. The van der Waals surface area contributed by atoms with Gasteiger partial charge in [0.1, 0.15) is 30.0 Å². The molecular weight excluding hydrogens is 431 g/mol. The summed E-state index contributed by atoms with van der Waals surface area (Å²) >= 11 is 0. The summed E-state index contributed by atoms with van der Waals surface area (Å²) < 4.78 is 30.6. The minimum absolute atomic E-state index is 0.0309. The molecule has 34 heavy (non-hydrogen) atoms. The lowest BCUT2D eigenvalue weighted by molar-refractivity contribution is 0.0734. The molecule has 0 bridgehead atoms. The Balaban J connectivity index is 1.68. The summed E-state index contributed by atoms with van der Waals surface area (Å²) in [6.45, 7) is 5.08. The van der Waals surface area contributed by atoms with Crippen molar-refractivity contribution in [3.05, 3.63) is 54.1 Å². The van der Waals surface area contributed by atoms with E-state index in [2.05, 4.69) is 13.8 Å². The molecule has 1 unspecified atom stereocenters. The number of benzene rings is 2. The van der Waals surface area contributed by atoms with Crippen molar-refractivity contribution in [2.24, 2.45) is 0 Å². The molecule has 0 saturated carbocycles. The molecule has 5 heteroatoms. The average molecular weight is 473 g/mol. The maximum absolute atomic E-state index is 13.9. The van der Waals surface area contributed by atoms with Crippen LogP contribution in [0.4, 0.5) is 4.39 Å². The Bertz CT molecular complexity index is 789. The maximum atomic E-state index is 13.9. The van der Waals surface area contributed by atoms with Gasteiger partial charge in [0, 0.05) is 0 Å². The second-order valence-electron chi connectivity index (χ2n) is 8.76. The summed E-state index contributed by atoms with van der Waals surface area (Å²) in [5.74, 6) is 1.32. The molecule has 4 nitrogen and oxygen atoms in total. The van der Waals surface area contributed by atoms with E-state index in [0.29, 0.717) is 30.1 Å². The van der Waals surface area contributed by atoms with Gasteiger partial charge in [-0.15, -0.1) is 0 Å². The van der Waals surface area contributed by atoms with Crippen LogP contribution >= 0.6 is 0 Å². The predicted molar refractivity (Wildman–Crippen MR) is 136 cm³/mol. The first-order valence-electron chi connectivity index (χ1n) is 12.9. The molecule has 2 rings (SSSR count). The van der Waals surface area contributed by atoms with Crippen molar-refractivity contribution in [2.45, 2.75) is 90.6 Å². The second kappa shape index (κ2) is 17.0. The van der Waals surface area contributed by atoms with E-state index in [4.69, 9.17) is 14.2 Å². The van der Waals surface area contributed by atoms with E-state index in [1.54, 1.807) is 36.4 Å². The van der Waals surface area contributed by atoms with Crippen molar-refractivity contribution in [3.8, 4) is 17.2 Å². The largest absolute Gasteiger partial charge is 0.494 e. The van der Waals surface area contributed by atoms with E-state index in [9.17, 15) is 9.18 Å². The van der Waals surface area contributed by atoms with Crippen molar-refractivity contribution in [1.29, 1.82) is 0 Å². The zero-order valence-corrected chi connectivity index (χ0v) is 20.9. The fourth-order valence-corrected chi connectivity index (χ4v) is 3.59. The number of esters is 1. The zero-order chi connectivity index (χ0) is 24.4. The van der Waals surface area contributed by atoms with Crippen LogP contribution in [-0.2, 0) is 0 Å². The highest BCUT2D eigenvalue weighted by Gasteiger charge is 2.11. The van der Waals surface area contributed by atoms with Gasteiger partial charge in [0.05, 0.1) is 12.2 Å². The minimum Gasteiger partial charge on any atom is -0.494 e. The summed E-state index contributed by atoms with van der Waals surface area (Å²) in [7, 11) is 0. The third kappa shape index (κ3) is 11.5. The number of carbonyl (C=O) groups is 1. The van der Waals surface area contributed by atoms with Crippen LogP contribution in [0, 0.1) is 0 Å². The smallest absolute Gasteiger partial charge is 0.343 e. The highest BCUT2D eigenvalue weighted by atomic mass is 19.1. The van der Waals surface area contributed by atoms with Gasteiger partial charge >= 0.3 is 5.97 Å². The van der Waals surface area contributed by atoms with Crippen molar-refractivity contribution in [1.82, 2.24) is 0 Å². The standard InChI is InChI=1S/C29H41FO4/c1-3-5-7-9-10-12-22-32-26-18-20-28(21-19-26)34-29(31)24-14-16-27(17-15-24)33-23-25(30)13-11-8-6-4-2/h14-21,25H,3-13,22-23H2,1-2H3. The molecule has 0 radical (unpaired) electrons. The molecular formula is C29H41FO4. The van der Waals surface area contributed by atoms with Crippen molar-refractivity contribution in [2.75, 3.05) is 13.2 Å². The Labute approximate surface area is 204 Å². The monoisotopic (exact) mass is 472 g/mol. The highest BCUT2D eigenvalue weighted by Crippen LogP contribution is 2.20. The van der Waals surface area contributed by atoms with Crippen molar-refractivity contribution >= 4 is 5.97 Å². The topological polar surface area (TPSA) is 44.8 Å². The molecule has 0 N–H and O–H groups in total. The number of rotatable bonds is 18. The number of halogens is 1. The van der Waals surface area contributed by atoms with Gasteiger partial charge in [-0.3, -0.25) is 0 Å². The zero-order valence-electron chi connectivity index (χ0n) is 20.9. The molecule has 0 amide bonds. The fourth-order valence-electron chi connectivity index (χ4n) is 3.59. The molecule has 0 heterocycles. The quantitative estimate of drug-likeness (QED) is 0.124. The molecule has 0 fully saturated rings. The Morgan fingerprint density at radius 2 is 1.24 bits per heavy atom. The van der Waals surface area contributed by atoms with Gasteiger partial charge in [0.15, 0.2) is 0 Å². The van der Waals surface area contributed by atoms with Gasteiger partial charge in [-0.2, -0.15) is 0 Å². The lowest BCUT2D eigenvalue weighted by atomic mass is 10.1. The van der Waals surface area contributed by atoms with Crippen LogP contribution in [0.25, 0.3) is 0 Å². The number of hydrogen-bond donors (Lipinski definition) is 0. The number of carbonyl (C=O) groups excluding carboxylic acids is 1. The molecule has 0 spiro atoms. The van der Waals surface area contributed by atoms with Crippen molar-refractivity contribution < 1.29 is 23.4 Å². The third-order valence-electron chi connectivity index (χ3n) is 5.69. The lowest BCUT2D eigenvalue weighted by Crippen LogP contribution is -2.13. The van der Waals surface area contributed by atoms with Crippen LogP contribution in [-0.4, -0.2) is 25.4 Å². The summed E-state index contributed by atoms with van der Waals surface area (Å²) in [6, 6.07) is 13.7. The van der Waals surface area contributed by atoms with E-state index < -0.39 is 12.1 Å². The average Bonchev–Trinajstić information content (AvgIpc) is 2.86. The number of unbranched alkanes of at least 4 members (excludes halogenated alkanes) is 8. The van der Waals surface area contributed by atoms with E-state index >= 15 is 0 Å². The van der Waals surface area contributed by atoms with E-state index in [1.165, 1.54) is 32.1 Å². The van der Waals surface area contributed by atoms with Gasteiger partial charge in [0.25, 0.3) is 0 Å². The summed E-state index contributed by atoms with van der Waals surface area (Å²) in [5.41, 5.74) is 0.409. The van der Waals surface area contributed by atoms with Crippen LogP contribution in [0.2, 0.25) is 0 Å². The first-order chi connectivity index (χ1) is 16.6. The Kier molecular flexibility index (Phi) is 13.8. The van der Waals surface area contributed by atoms with Gasteiger partial charge in [-0.25, -0.2) is 9.18 Å². The predicted octanol–water partition coefficient (Wildman–Crippen LogP) is 8.33. The van der Waals surface area contributed by atoms with Crippen LogP contribution in [0.5, 0.6) is 17.2 Å². The normalized spacial score (nSPS) is 11.7. The van der Waals surface area contributed by atoms with E-state index in [-0.39, 0.29) is 6.61 Å². The molecule has 1 atom stereocenters. The SMILES string of the molecule is CCCCCCCCOc1ccc(OC(=O)c2ccc(OCC(F)CCCCCC)cc2)cc1. The molecule has 2 aromatic rings. The van der Waals surface area contributed by atoms with Gasteiger partial charge in [0.2, 0.25) is 0 Å². The number of hydrogen-bond acceptors (Lipinski definition) is 4. The van der Waals surface area contributed by atoms with E-state index in [1.807, 2.05) is 12.1 Å². The lowest BCUT2D eigenvalue weighted by Gasteiger charge is -2.11. The molecule has 0 aliphatic heterocycles. The minimum atomic E-state index is -0.973. The number of ether oxygens (including phenoxy) is 3. The maximum Gasteiger partial charge on any atom is 0.343 e. The van der Waals surface area contributed by atoms with Crippen LogP contribution < -0.4 is 14.2 Å². The van der Waals surface area contributed by atoms with Gasteiger partial charge < -0.3 is 14.2 Å². The summed E-state index contributed by atoms with van der Waals surface area (Å²) in [5, 5.41) is 0. The summed E-state index contributed by atoms with van der Waals surface area (Å²) in [4.78, 5) is 12.4. The summed E-state index contributed by atoms with van der Waals surface area (Å²) in [6.07, 6.45) is 11.1. The van der Waals surface area contributed by atoms with Gasteiger partial charge in [-0.05, 0) is 61.4 Å². The molecule has 0 aliphatic rings. The number of alkyl halides is 1. The van der Waals surface area contributed by atoms with Gasteiger partial charge in [-0.1, -0.05) is 71.6 Å². The molecule has 188 valence electrons. The Morgan fingerprint density at radius 1 is 0.706 bits per heavy atom. The Hall–Kier alpha value is -2.56. The first-order valence-corrected chi connectivity index (χ1v) is 12.9. The third-order valence-corrected chi connectivity index (χ3v) is 5.69. The molecule has 0 saturated heterocycles. The van der Waals surface area contributed by atoms with Crippen LogP contribution in [0.1, 0.15) is 94.8 Å². The van der Waals surface area contributed by atoms with E-state index in [0.717, 1.165) is 37.9 Å². The molecule has 0 aliphatic carbocycles. The highest BCUT2D eigenvalue weighted by molar-refractivity contribution is 5.91. The van der Waals surface area contributed by atoms with Crippen molar-refractivity contribution in [3.63, 3.8) is 0 Å². The fraction of sp³-hybridized carbons (Fsp3) is 0.552. The molecule has 0 aromatic heterocycles. The van der Waals surface area contributed by atoms with Crippen LogP contribution in [0.3, 0.4) is 0 Å². The first kappa shape index (κ1) is 27.7. The second-order valence-corrected chi connectivity index (χ2v) is 8.76. The van der Waals surface area contributed by atoms with Crippen LogP contribution in [0.15, 0.2) is 48.5 Å².